The number of amides is 2. The predicted octanol–water partition coefficient (Wildman–Crippen LogP) is 12.0. The number of carbonyl (C=O) groups excluding carboxylic acids is 2. The van der Waals surface area contributed by atoms with Crippen LogP contribution in [0.4, 0.5) is 9.59 Å². The van der Waals surface area contributed by atoms with Crippen LogP contribution in [0.1, 0.15) is 83.3 Å². The molecule has 12 nitrogen and oxygen atoms in total. The molecule has 2 amide bonds. The topological polar surface area (TPSA) is 163 Å². The number of alkyl carbamates (subject to hydrolysis) is 1. The van der Waals surface area contributed by atoms with Crippen molar-refractivity contribution in [1.82, 2.24) is 5.32 Å². The number of carbonyl (C=O) groups is 2. The highest BCUT2D eigenvalue weighted by Gasteiger charge is 2.37. The Kier molecular flexibility index (Phi) is 19.8. The predicted molar refractivity (Wildman–Crippen MR) is 219 cm³/mol. The van der Waals surface area contributed by atoms with Crippen LogP contribution >= 0.6 is 46.4 Å². The molecule has 4 aromatic carbocycles. The van der Waals surface area contributed by atoms with Gasteiger partial charge in [0.25, 0.3) is 6.04 Å². The molecule has 0 aliphatic heterocycles. The van der Waals surface area contributed by atoms with Gasteiger partial charge >= 0.3 is 12.2 Å². The lowest BCUT2D eigenvalue weighted by molar-refractivity contribution is -0.534. The molecule has 0 unspecified atom stereocenters. The van der Waals surface area contributed by atoms with E-state index in [1.54, 1.807) is 139 Å². The van der Waals surface area contributed by atoms with Crippen LogP contribution in [0.3, 0.4) is 0 Å². The number of ether oxygens (including phenoxy) is 2. The molecule has 0 fully saturated rings. The van der Waals surface area contributed by atoms with Crippen molar-refractivity contribution in [2.75, 3.05) is 0 Å². The average molecular weight is 839 g/mol. The van der Waals surface area contributed by atoms with Crippen LogP contribution in [0, 0.1) is 20.2 Å². The van der Waals surface area contributed by atoms with Gasteiger partial charge in [0.05, 0.1) is 0 Å². The molecule has 0 bridgehead atoms. The molecule has 0 saturated heterocycles. The Bertz CT molecular complexity index is 1860. The third-order valence-electron chi connectivity index (χ3n) is 6.46. The third kappa shape index (κ3) is 19.9. The smallest absolute Gasteiger partial charge is 0.434 e. The molecule has 296 valence electrons. The van der Waals surface area contributed by atoms with Gasteiger partial charge in [0.2, 0.25) is 6.54 Å². The summed E-state index contributed by atoms with van der Waals surface area (Å²) in [4.78, 5) is 48.3. The van der Waals surface area contributed by atoms with Gasteiger partial charge in [-0.15, -0.1) is 0 Å². The number of nitrogens with one attached hydrogen (secondary N) is 1. The number of hydrogen-bond acceptors (Lipinski definition) is 8. The fourth-order valence-electron chi connectivity index (χ4n) is 4.25. The van der Waals surface area contributed by atoms with Gasteiger partial charge in [0, 0.05) is 47.3 Å². The molecule has 2 atom stereocenters. The summed E-state index contributed by atoms with van der Waals surface area (Å²) in [6.07, 6.45) is 0.107. The van der Waals surface area contributed by atoms with Gasteiger partial charge in [-0.3, -0.25) is 20.2 Å². The van der Waals surface area contributed by atoms with E-state index < -0.39 is 40.4 Å². The van der Waals surface area contributed by atoms with Crippen LogP contribution in [-0.4, -0.2) is 39.4 Å². The van der Waals surface area contributed by atoms with Gasteiger partial charge < -0.3 is 14.8 Å². The Morgan fingerprint density at radius 3 is 1.49 bits per heavy atom. The van der Waals surface area contributed by atoms with Crippen molar-refractivity contribution in [2.24, 2.45) is 4.99 Å². The number of benzene rings is 4. The van der Waals surface area contributed by atoms with Crippen molar-refractivity contribution in [2.45, 2.75) is 78.8 Å². The van der Waals surface area contributed by atoms with Gasteiger partial charge in [-0.1, -0.05) is 102 Å². The zero-order valence-corrected chi connectivity index (χ0v) is 33.3. The maximum atomic E-state index is 12.3. The first-order valence-electron chi connectivity index (χ1n) is 16.1. The minimum Gasteiger partial charge on any atom is -0.444 e. The van der Waals surface area contributed by atoms with E-state index in [0.717, 1.165) is 5.56 Å². The second kappa shape index (κ2) is 22.6. The first-order valence-corrected chi connectivity index (χ1v) is 17.7. The Morgan fingerprint density at radius 1 is 0.691 bits per heavy atom. The minimum absolute atomic E-state index is 0. The Balaban J connectivity index is 0.000000457. The standard InChI is InChI=1S/C19H20Cl2N2O4.C12H14ClNO2.C7H6ClNO2.CH4/c1-19(2,3)27-18(24)22-16(12-4-8-14(20)9-5-12)17(23(25)26)13-6-10-15(21)11-7-13;1-12(2,3)16-11(15)14-8-9-4-6-10(13)7-5-9;8-7-3-1-6(2-4-7)5-9(10)11;/h4-11,16-17H,1-3H3,(H,22,24);4-8H,1-3H3;1-4H,5H2;1H4/t16-,17+;;;/m1.../s1. The molecule has 0 radical (unpaired) electrons. The zero-order valence-electron chi connectivity index (χ0n) is 30.3. The van der Waals surface area contributed by atoms with Crippen LogP contribution in [0.5, 0.6) is 0 Å². The first kappa shape index (κ1) is 48.3. The number of rotatable bonds is 8. The Labute approximate surface area is 341 Å². The molecule has 0 heterocycles. The van der Waals surface area contributed by atoms with E-state index in [-0.39, 0.29) is 18.9 Å². The second-order valence-electron chi connectivity index (χ2n) is 13.4. The highest BCUT2D eigenvalue weighted by molar-refractivity contribution is 6.31. The van der Waals surface area contributed by atoms with Crippen molar-refractivity contribution < 1.29 is 28.9 Å². The van der Waals surface area contributed by atoms with Crippen molar-refractivity contribution in [3.8, 4) is 0 Å². The number of nitrogens with zero attached hydrogens (tertiary/aromatic N) is 3. The molecule has 4 aromatic rings. The fraction of sp³-hybridized carbons (Fsp3) is 0.308. The molecule has 1 N–H and O–H groups in total. The van der Waals surface area contributed by atoms with Gasteiger partial charge in [-0.25, -0.2) is 9.59 Å². The summed E-state index contributed by atoms with van der Waals surface area (Å²) in [7, 11) is 0. The van der Waals surface area contributed by atoms with E-state index in [2.05, 4.69) is 10.3 Å². The Morgan fingerprint density at radius 2 is 1.09 bits per heavy atom. The van der Waals surface area contributed by atoms with Crippen molar-refractivity contribution in [3.05, 3.63) is 160 Å². The fourth-order valence-corrected chi connectivity index (χ4v) is 4.75. The lowest BCUT2D eigenvalue weighted by atomic mass is 9.94. The normalized spacial score (nSPS) is 12.0. The molecular formula is C39H44Cl4N4O8. The van der Waals surface area contributed by atoms with Crippen molar-refractivity contribution in [3.63, 3.8) is 0 Å². The first-order chi connectivity index (χ1) is 25.1. The zero-order chi connectivity index (χ0) is 40.6. The molecule has 0 aromatic heterocycles. The highest BCUT2D eigenvalue weighted by atomic mass is 35.5. The van der Waals surface area contributed by atoms with E-state index in [1.165, 1.54) is 6.21 Å². The summed E-state index contributed by atoms with van der Waals surface area (Å²) in [5.41, 5.74) is 1.14. The average Bonchev–Trinajstić information content (AvgIpc) is 3.05. The number of nitro groups is 2. The van der Waals surface area contributed by atoms with E-state index in [9.17, 15) is 29.8 Å². The van der Waals surface area contributed by atoms with Gasteiger partial charge in [-0.2, -0.15) is 4.99 Å². The second-order valence-corrected chi connectivity index (χ2v) is 15.1. The maximum Gasteiger partial charge on any atom is 0.434 e. The lowest BCUT2D eigenvalue weighted by Gasteiger charge is -2.26. The highest BCUT2D eigenvalue weighted by Crippen LogP contribution is 2.33. The summed E-state index contributed by atoms with van der Waals surface area (Å²) in [5, 5.41) is 26.7. The largest absolute Gasteiger partial charge is 0.444 e. The van der Waals surface area contributed by atoms with Gasteiger partial charge in [0.15, 0.2) is 0 Å². The molecule has 0 aliphatic rings. The van der Waals surface area contributed by atoms with Crippen LogP contribution < -0.4 is 5.32 Å². The van der Waals surface area contributed by atoms with E-state index in [0.29, 0.717) is 36.8 Å². The molecule has 0 saturated carbocycles. The summed E-state index contributed by atoms with van der Waals surface area (Å²) >= 11 is 23.1. The van der Waals surface area contributed by atoms with Crippen LogP contribution in [-0.2, 0) is 16.0 Å². The maximum absolute atomic E-state index is 12.3. The van der Waals surface area contributed by atoms with E-state index >= 15 is 0 Å². The summed E-state index contributed by atoms with van der Waals surface area (Å²) < 4.78 is 10.3. The number of hydrogen-bond donors (Lipinski definition) is 1. The molecule has 16 heteroatoms. The van der Waals surface area contributed by atoms with Gasteiger partial charge in [-0.05, 0) is 101 Å². The summed E-state index contributed by atoms with van der Waals surface area (Å²) in [6.45, 7) is 10.4. The molecule has 4 rings (SSSR count). The van der Waals surface area contributed by atoms with Crippen LogP contribution in [0.25, 0.3) is 0 Å². The quantitative estimate of drug-likeness (QED) is 0.104. The third-order valence-corrected chi connectivity index (χ3v) is 7.47. The number of halogens is 4. The SMILES string of the molecule is C.CC(C)(C)OC(=O)N=Cc1ccc(Cl)cc1.CC(C)(C)OC(=O)N[C@H](c1ccc(Cl)cc1)[C@H](c1ccc(Cl)cc1)[N+](=O)[O-].O=[N+]([O-])Cc1ccc(Cl)cc1. The summed E-state index contributed by atoms with van der Waals surface area (Å²) in [6, 6.07) is 24.1. The summed E-state index contributed by atoms with van der Waals surface area (Å²) in [5.74, 6) is 0. The monoisotopic (exact) mass is 836 g/mol. The molecular weight excluding hydrogens is 794 g/mol. The minimum atomic E-state index is -1.24. The van der Waals surface area contributed by atoms with Gasteiger partial charge in [0.1, 0.15) is 17.2 Å². The molecule has 0 spiro atoms. The van der Waals surface area contributed by atoms with E-state index in [1.807, 2.05) is 0 Å². The Hall–Kier alpha value is -4.75. The van der Waals surface area contributed by atoms with Crippen LogP contribution in [0.2, 0.25) is 20.1 Å². The molecule has 55 heavy (non-hydrogen) atoms. The molecule has 0 aliphatic carbocycles. The number of aliphatic imine (C=N–C) groups is 1. The van der Waals surface area contributed by atoms with Crippen LogP contribution in [0.15, 0.2) is 102 Å². The lowest BCUT2D eigenvalue weighted by Crippen LogP contribution is -2.39. The van der Waals surface area contributed by atoms with Crippen molar-refractivity contribution in [1.29, 1.82) is 0 Å². The van der Waals surface area contributed by atoms with Crippen molar-refractivity contribution >= 4 is 64.8 Å². The van der Waals surface area contributed by atoms with E-state index in [4.69, 9.17) is 55.9 Å².